The maximum atomic E-state index is 13.4. The Bertz CT molecular complexity index is 536. The van der Waals surface area contributed by atoms with E-state index in [4.69, 9.17) is 11.6 Å². The average Bonchev–Trinajstić information content (AvgIpc) is 2.62. The molecule has 1 aromatic carbocycles. The maximum absolute atomic E-state index is 13.4. The summed E-state index contributed by atoms with van der Waals surface area (Å²) in [6, 6.07) is 6.39. The third-order valence-corrected chi connectivity index (χ3v) is 4.97. The Labute approximate surface area is 116 Å². The fraction of sp³-hybridized carbons (Fsp3) is 0.167. The van der Waals surface area contributed by atoms with Gasteiger partial charge in [-0.3, -0.25) is 0 Å². The van der Waals surface area contributed by atoms with E-state index in [-0.39, 0.29) is 5.82 Å². The molecular formula is C12H9BrClFOS. The second kappa shape index (κ2) is 5.06. The molecule has 1 N–H and O–H groups in total. The summed E-state index contributed by atoms with van der Waals surface area (Å²) >= 11 is 10.5. The highest BCUT2D eigenvalue weighted by atomic mass is 79.9. The Morgan fingerprint density at radius 2 is 2.12 bits per heavy atom. The molecule has 0 radical (unpaired) electrons. The van der Waals surface area contributed by atoms with Crippen molar-refractivity contribution >= 4 is 38.9 Å². The van der Waals surface area contributed by atoms with Gasteiger partial charge in [0.25, 0.3) is 0 Å². The standard InChI is InChI=1S/C12H9BrClFOS/c1-6-2-3-7(4-9(6)15)11(16)10-5-8(14)12(13)17-10/h2-5,11,16H,1H3. The predicted molar refractivity (Wildman–Crippen MR) is 72.2 cm³/mol. The van der Waals surface area contributed by atoms with E-state index in [0.717, 1.165) is 3.79 Å². The molecule has 90 valence electrons. The largest absolute Gasteiger partial charge is 0.383 e. The molecule has 1 aromatic heterocycles. The van der Waals surface area contributed by atoms with E-state index in [1.54, 1.807) is 25.1 Å². The molecule has 2 aromatic rings. The molecule has 1 heterocycles. The number of aryl methyl sites for hydroxylation is 1. The Morgan fingerprint density at radius 1 is 1.41 bits per heavy atom. The molecule has 5 heteroatoms. The lowest BCUT2D eigenvalue weighted by molar-refractivity contribution is 0.223. The van der Waals surface area contributed by atoms with Gasteiger partial charge in [0.15, 0.2) is 0 Å². The van der Waals surface area contributed by atoms with Gasteiger partial charge in [0.2, 0.25) is 0 Å². The molecule has 0 aliphatic heterocycles. The van der Waals surface area contributed by atoms with Crippen LogP contribution < -0.4 is 0 Å². The molecule has 17 heavy (non-hydrogen) atoms. The van der Waals surface area contributed by atoms with Crippen molar-refractivity contribution in [3.63, 3.8) is 0 Å². The molecule has 0 saturated carbocycles. The first-order valence-electron chi connectivity index (χ1n) is 4.88. The number of hydrogen-bond acceptors (Lipinski definition) is 2. The zero-order chi connectivity index (χ0) is 12.6. The van der Waals surface area contributed by atoms with Crippen molar-refractivity contribution in [1.82, 2.24) is 0 Å². The fourth-order valence-electron chi connectivity index (χ4n) is 1.44. The van der Waals surface area contributed by atoms with Gasteiger partial charge in [-0.25, -0.2) is 4.39 Å². The summed E-state index contributed by atoms with van der Waals surface area (Å²) in [4.78, 5) is 0.685. The van der Waals surface area contributed by atoms with Crippen LogP contribution in [0.2, 0.25) is 5.02 Å². The van der Waals surface area contributed by atoms with Crippen LogP contribution >= 0.6 is 38.9 Å². The van der Waals surface area contributed by atoms with Crippen molar-refractivity contribution in [2.24, 2.45) is 0 Å². The minimum Gasteiger partial charge on any atom is -0.383 e. The highest BCUT2D eigenvalue weighted by Crippen LogP contribution is 2.37. The molecule has 1 nitrogen and oxygen atoms in total. The van der Waals surface area contributed by atoms with E-state index >= 15 is 0 Å². The number of halogens is 3. The van der Waals surface area contributed by atoms with Crippen LogP contribution in [-0.2, 0) is 0 Å². The summed E-state index contributed by atoms with van der Waals surface area (Å²) in [6.07, 6.45) is -0.848. The number of benzene rings is 1. The van der Waals surface area contributed by atoms with Crippen molar-refractivity contribution in [2.45, 2.75) is 13.0 Å². The van der Waals surface area contributed by atoms with Gasteiger partial charge in [-0.1, -0.05) is 23.7 Å². The Morgan fingerprint density at radius 3 is 2.65 bits per heavy atom. The summed E-state index contributed by atoms with van der Waals surface area (Å²) < 4.78 is 14.2. The van der Waals surface area contributed by atoms with Crippen LogP contribution in [0, 0.1) is 12.7 Å². The molecule has 0 saturated heterocycles. The number of hydrogen-bond donors (Lipinski definition) is 1. The van der Waals surface area contributed by atoms with E-state index in [1.807, 2.05) is 0 Å². The Kier molecular flexibility index (Phi) is 3.88. The fourth-order valence-corrected chi connectivity index (χ4v) is 3.20. The van der Waals surface area contributed by atoms with Crippen molar-refractivity contribution in [1.29, 1.82) is 0 Å². The van der Waals surface area contributed by atoms with Gasteiger partial charge in [-0.05, 0) is 46.1 Å². The lowest BCUT2D eigenvalue weighted by Crippen LogP contribution is -1.98. The molecule has 0 amide bonds. The highest BCUT2D eigenvalue weighted by Gasteiger charge is 2.16. The van der Waals surface area contributed by atoms with Crippen LogP contribution in [0.15, 0.2) is 28.1 Å². The lowest BCUT2D eigenvalue weighted by atomic mass is 10.1. The van der Waals surface area contributed by atoms with Crippen LogP contribution in [0.5, 0.6) is 0 Å². The van der Waals surface area contributed by atoms with Gasteiger partial charge in [0, 0.05) is 4.88 Å². The van der Waals surface area contributed by atoms with Gasteiger partial charge < -0.3 is 5.11 Å². The predicted octanol–water partition coefficient (Wildman–Crippen LogP) is 4.69. The van der Waals surface area contributed by atoms with E-state index in [1.165, 1.54) is 17.4 Å². The van der Waals surface area contributed by atoms with Crippen LogP contribution in [-0.4, -0.2) is 5.11 Å². The molecule has 0 fully saturated rings. The minimum absolute atomic E-state index is 0.316. The van der Waals surface area contributed by atoms with Crippen molar-refractivity contribution in [3.05, 3.63) is 54.9 Å². The second-order valence-corrected chi connectivity index (χ2v) is 6.49. The summed E-state index contributed by atoms with van der Waals surface area (Å²) in [5, 5.41) is 10.7. The van der Waals surface area contributed by atoms with E-state index in [0.29, 0.717) is 21.0 Å². The third kappa shape index (κ3) is 2.71. The van der Waals surface area contributed by atoms with Crippen molar-refractivity contribution in [3.8, 4) is 0 Å². The monoisotopic (exact) mass is 334 g/mol. The Balaban J connectivity index is 2.36. The van der Waals surface area contributed by atoms with Crippen LogP contribution in [0.25, 0.3) is 0 Å². The molecule has 1 unspecified atom stereocenters. The van der Waals surface area contributed by atoms with E-state index < -0.39 is 6.10 Å². The first kappa shape index (κ1) is 13.0. The highest BCUT2D eigenvalue weighted by molar-refractivity contribution is 9.11. The third-order valence-electron chi connectivity index (χ3n) is 2.45. The number of thiophene rings is 1. The van der Waals surface area contributed by atoms with Gasteiger partial charge in [0.1, 0.15) is 11.9 Å². The van der Waals surface area contributed by atoms with Crippen LogP contribution in [0.4, 0.5) is 4.39 Å². The summed E-state index contributed by atoms with van der Waals surface area (Å²) in [6.45, 7) is 1.68. The molecule has 2 rings (SSSR count). The average molecular weight is 336 g/mol. The number of aliphatic hydroxyl groups excluding tert-OH is 1. The zero-order valence-corrected chi connectivity index (χ0v) is 12.0. The molecule has 0 aliphatic rings. The second-order valence-electron chi connectivity index (χ2n) is 3.68. The zero-order valence-electron chi connectivity index (χ0n) is 8.88. The first-order valence-corrected chi connectivity index (χ1v) is 6.86. The number of aliphatic hydroxyl groups is 1. The number of rotatable bonds is 2. The molecule has 1 atom stereocenters. The van der Waals surface area contributed by atoms with Crippen LogP contribution in [0.3, 0.4) is 0 Å². The van der Waals surface area contributed by atoms with E-state index in [9.17, 15) is 9.50 Å². The first-order chi connectivity index (χ1) is 7.99. The van der Waals surface area contributed by atoms with E-state index in [2.05, 4.69) is 15.9 Å². The van der Waals surface area contributed by atoms with Gasteiger partial charge in [-0.15, -0.1) is 11.3 Å². The molecule has 0 aliphatic carbocycles. The topological polar surface area (TPSA) is 20.2 Å². The smallest absolute Gasteiger partial charge is 0.126 e. The van der Waals surface area contributed by atoms with Crippen molar-refractivity contribution in [2.75, 3.05) is 0 Å². The lowest BCUT2D eigenvalue weighted by Gasteiger charge is -2.09. The quantitative estimate of drug-likeness (QED) is 0.844. The molecule has 0 spiro atoms. The summed E-state index contributed by atoms with van der Waals surface area (Å²) in [5.41, 5.74) is 1.09. The maximum Gasteiger partial charge on any atom is 0.126 e. The molecule has 0 bridgehead atoms. The van der Waals surface area contributed by atoms with Crippen molar-refractivity contribution < 1.29 is 9.50 Å². The van der Waals surface area contributed by atoms with Crippen LogP contribution in [0.1, 0.15) is 22.1 Å². The minimum atomic E-state index is -0.848. The Hall–Kier alpha value is -0.420. The SMILES string of the molecule is Cc1ccc(C(O)c2cc(Cl)c(Br)s2)cc1F. The summed E-state index contributed by atoms with van der Waals surface area (Å²) in [5.74, 6) is -0.316. The van der Waals surface area contributed by atoms with Gasteiger partial charge >= 0.3 is 0 Å². The van der Waals surface area contributed by atoms with Gasteiger partial charge in [0.05, 0.1) is 8.81 Å². The summed E-state index contributed by atoms with van der Waals surface area (Å²) in [7, 11) is 0. The van der Waals surface area contributed by atoms with Gasteiger partial charge in [-0.2, -0.15) is 0 Å². The normalized spacial score (nSPS) is 12.8. The molecular weight excluding hydrogens is 327 g/mol.